The van der Waals surface area contributed by atoms with E-state index in [-0.39, 0.29) is 18.4 Å². The summed E-state index contributed by atoms with van der Waals surface area (Å²) in [4.78, 5) is 29.4. The minimum absolute atomic E-state index is 0.172. The molecule has 0 unspecified atom stereocenters. The van der Waals surface area contributed by atoms with Crippen molar-refractivity contribution >= 4 is 40.4 Å². The SMILES string of the molecule is CNC(=O)c1ccc(NC(=O)c2sc(COc3ccc(Cl)cc3)nc2C)c(C)c1. The molecule has 2 N–H and O–H groups in total. The highest BCUT2D eigenvalue weighted by Crippen LogP contribution is 2.24. The van der Waals surface area contributed by atoms with Crippen LogP contribution >= 0.6 is 22.9 Å². The van der Waals surface area contributed by atoms with Crippen molar-refractivity contribution in [2.75, 3.05) is 12.4 Å². The van der Waals surface area contributed by atoms with Crippen LogP contribution in [-0.4, -0.2) is 23.8 Å². The summed E-state index contributed by atoms with van der Waals surface area (Å²) in [7, 11) is 1.58. The molecule has 150 valence electrons. The van der Waals surface area contributed by atoms with Gasteiger partial charge < -0.3 is 15.4 Å². The molecular weight excluding hydrogens is 410 g/mol. The molecule has 0 bridgehead atoms. The van der Waals surface area contributed by atoms with Gasteiger partial charge in [0.25, 0.3) is 11.8 Å². The Bertz CT molecular complexity index is 1050. The Labute approximate surface area is 177 Å². The second-order valence-electron chi connectivity index (χ2n) is 6.33. The lowest BCUT2D eigenvalue weighted by atomic mass is 10.1. The van der Waals surface area contributed by atoms with Crippen molar-refractivity contribution in [3.63, 3.8) is 0 Å². The molecule has 0 radical (unpaired) electrons. The molecule has 2 amide bonds. The van der Waals surface area contributed by atoms with E-state index in [2.05, 4.69) is 15.6 Å². The fourth-order valence-corrected chi connectivity index (χ4v) is 3.67. The van der Waals surface area contributed by atoms with E-state index < -0.39 is 0 Å². The average molecular weight is 430 g/mol. The van der Waals surface area contributed by atoms with Crippen LogP contribution in [0.4, 0.5) is 5.69 Å². The number of thiazole rings is 1. The van der Waals surface area contributed by atoms with E-state index in [0.717, 1.165) is 5.56 Å². The van der Waals surface area contributed by atoms with Crippen molar-refractivity contribution in [2.24, 2.45) is 0 Å². The van der Waals surface area contributed by atoms with Gasteiger partial charge in [-0.25, -0.2) is 4.98 Å². The van der Waals surface area contributed by atoms with Crippen molar-refractivity contribution in [1.82, 2.24) is 10.3 Å². The van der Waals surface area contributed by atoms with Gasteiger partial charge in [-0.3, -0.25) is 9.59 Å². The van der Waals surface area contributed by atoms with Gasteiger partial charge in [-0.15, -0.1) is 11.3 Å². The molecule has 3 rings (SSSR count). The van der Waals surface area contributed by atoms with Crippen LogP contribution in [0.3, 0.4) is 0 Å². The van der Waals surface area contributed by atoms with Crippen molar-refractivity contribution in [3.8, 4) is 5.75 Å². The summed E-state index contributed by atoms with van der Waals surface area (Å²) in [5, 5.41) is 6.81. The summed E-state index contributed by atoms with van der Waals surface area (Å²) in [6.45, 7) is 3.89. The summed E-state index contributed by atoms with van der Waals surface area (Å²) in [6.07, 6.45) is 0. The Morgan fingerprint density at radius 2 is 1.83 bits per heavy atom. The standard InChI is InChI=1S/C21H20ClN3O3S/c1-12-10-14(20(26)23-3)4-9-17(12)25-21(27)19-13(2)24-18(29-19)11-28-16-7-5-15(22)6-8-16/h4-10H,11H2,1-3H3,(H,23,26)(H,25,27). The molecule has 0 saturated carbocycles. The molecule has 0 fully saturated rings. The predicted molar refractivity (Wildman–Crippen MR) is 115 cm³/mol. The molecule has 2 aromatic carbocycles. The smallest absolute Gasteiger partial charge is 0.267 e. The summed E-state index contributed by atoms with van der Waals surface area (Å²) < 4.78 is 5.70. The number of nitrogens with zero attached hydrogens (tertiary/aromatic N) is 1. The lowest BCUT2D eigenvalue weighted by Gasteiger charge is -2.09. The van der Waals surface area contributed by atoms with E-state index in [4.69, 9.17) is 16.3 Å². The zero-order valence-electron chi connectivity index (χ0n) is 16.2. The van der Waals surface area contributed by atoms with E-state index in [1.807, 2.05) is 6.92 Å². The van der Waals surface area contributed by atoms with Gasteiger partial charge in [-0.1, -0.05) is 11.6 Å². The highest BCUT2D eigenvalue weighted by atomic mass is 35.5. The third-order valence-corrected chi connectivity index (χ3v) is 5.57. The second kappa shape index (κ2) is 9.07. The third-order valence-electron chi connectivity index (χ3n) is 4.19. The van der Waals surface area contributed by atoms with Gasteiger partial charge in [0.2, 0.25) is 0 Å². The molecule has 3 aromatic rings. The molecule has 0 aliphatic heterocycles. The lowest BCUT2D eigenvalue weighted by Crippen LogP contribution is -2.18. The van der Waals surface area contributed by atoms with Crippen LogP contribution < -0.4 is 15.4 Å². The molecular formula is C21H20ClN3O3S. The first-order chi connectivity index (χ1) is 13.9. The molecule has 29 heavy (non-hydrogen) atoms. The zero-order chi connectivity index (χ0) is 21.0. The Balaban J connectivity index is 1.68. The minimum atomic E-state index is -0.242. The van der Waals surface area contributed by atoms with E-state index in [0.29, 0.717) is 37.6 Å². The number of rotatable bonds is 6. The fourth-order valence-electron chi connectivity index (χ4n) is 2.67. The number of hydrogen-bond donors (Lipinski definition) is 2. The number of halogens is 1. The summed E-state index contributed by atoms with van der Waals surface area (Å²) in [5.41, 5.74) is 2.63. The highest BCUT2D eigenvalue weighted by Gasteiger charge is 2.17. The predicted octanol–water partition coefficient (Wildman–Crippen LogP) is 4.60. The first kappa shape index (κ1) is 20.8. The molecule has 1 aromatic heterocycles. The van der Waals surface area contributed by atoms with Crippen LogP contribution in [0.1, 0.15) is 36.3 Å². The number of carbonyl (C=O) groups is 2. The van der Waals surface area contributed by atoms with Crippen LogP contribution in [0, 0.1) is 13.8 Å². The first-order valence-corrected chi connectivity index (χ1v) is 10.1. The Morgan fingerprint density at radius 3 is 2.48 bits per heavy atom. The molecule has 0 spiro atoms. The number of ether oxygens (including phenoxy) is 1. The zero-order valence-corrected chi connectivity index (χ0v) is 17.8. The summed E-state index contributed by atoms with van der Waals surface area (Å²) >= 11 is 7.16. The quantitative estimate of drug-likeness (QED) is 0.599. The lowest BCUT2D eigenvalue weighted by molar-refractivity contribution is 0.0962. The van der Waals surface area contributed by atoms with Gasteiger partial charge in [0.15, 0.2) is 0 Å². The van der Waals surface area contributed by atoms with Gasteiger partial charge in [0.05, 0.1) is 5.69 Å². The van der Waals surface area contributed by atoms with Crippen molar-refractivity contribution in [3.05, 3.63) is 74.2 Å². The maximum Gasteiger partial charge on any atom is 0.267 e. The van der Waals surface area contributed by atoms with E-state index >= 15 is 0 Å². The molecule has 0 atom stereocenters. The summed E-state index contributed by atoms with van der Waals surface area (Å²) in [6, 6.07) is 12.2. The number of nitrogens with one attached hydrogen (secondary N) is 2. The Morgan fingerprint density at radius 1 is 1.10 bits per heavy atom. The largest absolute Gasteiger partial charge is 0.486 e. The third kappa shape index (κ3) is 5.13. The average Bonchev–Trinajstić information content (AvgIpc) is 3.09. The first-order valence-electron chi connectivity index (χ1n) is 8.86. The Hall–Kier alpha value is -2.90. The molecule has 0 aliphatic rings. The van der Waals surface area contributed by atoms with Gasteiger partial charge in [0, 0.05) is 23.3 Å². The molecule has 6 nitrogen and oxygen atoms in total. The topological polar surface area (TPSA) is 80.3 Å². The van der Waals surface area contributed by atoms with Gasteiger partial charge in [-0.2, -0.15) is 0 Å². The molecule has 8 heteroatoms. The second-order valence-corrected chi connectivity index (χ2v) is 7.85. The van der Waals surface area contributed by atoms with Crippen molar-refractivity contribution in [1.29, 1.82) is 0 Å². The normalized spacial score (nSPS) is 10.5. The molecule has 0 aliphatic carbocycles. The van der Waals surface area contributed by atoms with Crippen molar-refractivity contribution in [2.45, 2.75) is 20.5 Å². The van der Waals surface area contributed by atoms with Crippen LogP contribution in [-0.2, 0) is 6.61 Å². The summed E-state index contributed by atoms with van der Waals surface area (Å²) in [5.74, 6) is 0.267. The number of aryl methyl sites for hydroxylation is 2. The number of amides is 2. The monoisotopic (exact) mass is 429 g/mol. The highest BCUT2D eigenvalue weighted by molar-refractivity contribution is 7.13. The minimum Gasteiger partial charge on any atom is -0.486 e. The number of carbonyl (C=O) groups excluding carboxylic acids is 2. The Kier molecular flexibility index (Phi) is 6.51. The number of benzene rings is 2. The van der Waals surface area contributed by atoms with Crippen LogP contribution in [0.5, 0.6) is 5.75 Å². The van der Waals surface area contributed by atoms with E-state index in [1.165, 1.54) is 11.3 Å². The number of hydrogen-bond acceptors (Lipinski definition) is 5. The van der Waals surface area contributed by atoms with E-state index in [1.54, 1.807) is 56.4 Å². The van der Waals surface area contributed by atoms with Gasteiger partial charge in [0.1, 0.15) is 22.2 Å². The molecule has 1 heterocycles. The van der Waals surface area contributed by atoms with Crippen LogP contribution in [0.15, 0.2) is 42.5 Å². The van der Waals surface area contributed by atoms with E-state index in [9.17, 15) is 9.59 Å². The number of anilines is 1. The van der Waals surface area contributed by atoms with Crippen LogP contribution in [0.25, 0.3) is 0 Å². The van der Waals surface area contributed by atoms with Crippen molar-refractivity contribution < 1.29 is 14.3 Å². The number of aromatic nitrogens is 1. The maximum absolute atomic E-state index is 12.7. The molecule has 0 saturated heterocycles. The van der Waals surface area contributed by atoms with Crippen LogP contribution in [0.2, 0.25) is 5.02 Å². The van der Waals surface area contributed by atoms with Gasteiger partial charge in [-0.05, 0) is 61.9 Å². The maximum atomic E-state index is 12.7. The van der Waals surface area contributed by atoms with Gasteiger partial charge >= 0.3 is 0 Å². The fraction of sp³-hybridized carbons (Fsp3) is 0.190.